The highest BCUT2D eigenvalue weighted by Gasteiger charge is 2.10. The lowest BCUT2D eigenvalue weighted by atomic mass is 10.2. The summed E-state index contributed by atoms with van der Waals surface area (Å²) in [5.74, 6) is 1.40. The number of aromatic nitrogens is 6. The third kappa shape index (κ3) is 3.64. The first-order chi connectivity index (χ1) is 12.3. The van der Waals surface area contributed by atoms with Crippen molar-refractivity contribution in [1.29, 1.82) is 0 Å². The number of tetrazole rings is 1. The van der Waals surface area contributed by atoms with Crippen LogP contribution in [0.2, 0.25) is 0 Å². The van der Waals surface area contributed by atoms with Gasteiger partial charge >= 0.3 is 0 Å². The summed E-state index contributed by atoms with van der Waals surface area (Å²) in [6.07, 6.45) is 1.84. The van der Waals surface area contributed by atoms with E-state index in [4.69, 9.17) is 0 Å². The van der Waals surface area contributed by atoms with E-state index in [0.29, 0.717) is 5.75 Å². The molecule has 124 valence electrons. The number of halogens is 1. The smallest absolute Gasteiger partial charge is 0.167 e. The largest absolute Gasteiger partial charge is 0.333 e. The Labute approximate surface area is 156 Å². The molecule has 4 aromatic rings. The van der Waals surface area contributed by atoms with Crippen LogP contribution in [0.3, 0.4) is 0 Å². The Balaban J connectivity index is 1.48. The van der Waals surface area contributed by atoms with Gasteiger partial charge < -0.3 is 4.98 Å². The molecule has 4 rings (SSSR count). The van der Waals surface area contributed by atoms with E-state index in [2.05, 4.69) is 41.4 Å². The second-order valence-corrected chi connectivity index (χ2v) is 7.12. The molecule has 2 aromatic carbocycles. The van der Waals surface area contributed by atoms with Crippen molar-refractivity contribution < 1.29 is 0 Å². The predicted molar refractivity (Wildman–Crippen MR) is 100 cm³/mol. The molecule has 25 heavy (non-hydrogen) atoms. The molecule has 0 radical (unpaired) electrons. The lowest BCUT2D eigenvalue weighted by Crippen LogP contribution is -2.01. The molecular weight excluding hydrogens is 400 g/mol. The molecule has 0 unspecified atom stereocenters. The zero-order valence-electron chi connectivity index (χ0n) is 13.0. The van der Waals surface area contributed by atoms with Crippen molar-refractivity contribution in [2.24, 2.45) is 0 Å². The first kappa shape index (κ1) is 16.0. The lowest BCUT2D eigenvalue weighted by molar-refractivity contribution is 0.777. The van der Waals surface area contributed by atoms with E-state index < -0.39 is 0 Å². The quantitative estimate of drug-likeness (QED) is 0.499. The number of nitrogens with zero attached hydrogens (tertiary/aromatic N) is 5. The van der Waals surface area contributed by atoms with Gasteiger partial charge in [0.15, 0.2) is 11.0 Å². The molecule has 8 heteroatoms. The fraction of sp³-hybridized carbons (Fsp3) is 0.0588. The van der Waals surface area contributed by atoms with E-state index in [1.807, 2.05) is 60.8 Å². The van der Waals surface area contributed by atoms with Gasteiger partial charge in [-0.15, -0.1) is 5.10 Å². The summed E-state index contributed by atoms with van der Waals surface area (Å²) >= 11 is 5.01. The molecule has 0 aliphatic rings. The average Bonchev–Trinajstić information content (AvgIpc) is 3.31. The fourth-order valence-corrected chi connectivity index (χ4v) is 3.37. The second kappa shape index (κ2) is 7.20. The van der Waals surface area contributed by atoms with Crippen LogP contribution in [0.5, 0.6) is 0 Å². The van der Waals surface area contributed by atoms with Gasteiger partial charge in [0.1, 0.15) is 0 Å². The van der Waals surface area contributed by atoms with Gasteiger partial charge in [0.2, 0.25) is 0 Å². The summed E-state index contributed by atoms with van der Waals surface area (Å²) in [7, 11) is 0. The minimum atomic E-state index is 0.620. The van der Waals surface area contributed by atoms with Crippen LogP contribution < -0.4 is 0 Å². The first-order valence-electron chi connectivity index (χ1n) is 7.56. The molecule has 0 saturated carbocycles. The number of aromatic amines is 1. The molecule has 0 aliphatic heterocycles. The molecule has 0 fully saturated rings. The zero-order valence-corrected chi connectivity index (χ0v) is 15.4. The van der Waals surface area contributed by atoms with Gasteiger partial charge in [-0.1, -0.05) is 58.0 Å². The lowest BCUT2D eigenvalue weighted by Gasteiger charge is -2.03. The number of para-hydroxylation sites is 1. The van der Waals surface area contributed by atoms with Gasteiger partial charge in [0.25, 0.3) is 0 Å². The van der Waals surface area contributed by atoms with Gasteiger partial charge in [-0.25, -0.2) is 4.98 Å². The minimum Gasteiger partial charge on any atom is -0.333 e. The number of hydrogen-bond acceptors (Lipinski definition) is 5. The molecule has 0 spiro atoms. The van der Waals surface area contributed by atoms with Crippen molar-refractivity contribution >= 4 is 27.7 Å². The summed E-state index contributed by atoms with van der Waals surface area (Å²) in [5.41, 5.74) is 3.02. The topological polar surface area (TPSA) is 72.3 Å². The normalized spacial score (nSPS) is 10.9. The summed E-state index contributed by atoms with van der Waals surface area (Å²) < 4.78 is 2.80. The summed E-state index contributed by atoms with van der Waals surface area (Å²) in [5, 5.41) is 12.8. The maximum Gasteiger partial charge on any atom is 0.167 e. The molecule has 1 N–H and O–H groups in total. The molecule has 6 nitrogen and oxygen atoms in total. The van der Waals surface area contributed by atoms with E-state index >= 15 is 0 Å². The molecule has 2 aromatic heterocycles. The van der Waals surface area contributed by atoms with Crippen molar-refractivity contribution in [3.8, 4) is 16.9 Å². The van der Waals surface area contributed by atoms with E-state index in [-0.39, 0.29) is 0 Å². The second-order valence-electron chi connectivity index (χ2n) is 5.24. The van der Waals surface area contributed by atoms with Crippen molar-refractivity contribution in [2.45, 2.75) is 10.9 Å². The van der Waals surface area contributed by atoms with Crippen LogP contribution in [0.15, 0.2) is 70.4 Å². The van der Waals surface area contributed by atoms with E-state index in [9.17, 15) is 0 Å². The van der Waals surface area contributed by atoms with Crippen molar-refractivity contribution in [1.82, 2.24) is 30.2 Å². The summed E-state index contributed by atoms with van der Waals surface area (Å²) in [6, 6.07) is 18.0. The highest BCUT2D eigenvalue weighted by molar-refractivity contribution is 9.10. The zero-order chi connectivity index (χ0) is 17.1. The van der Waals surface area contributed by atoms with Crippen LogP contribution >= 0.6 is 27.7 Å². The van der Waals surface area contributed by atoms with Gasteiger partial charge in [-0.3, -0.25) is 0 Å². The third-order valence-electron chi connectivity index (χ3n) is 3.58. The summed E-state index contributed by atoms with van der Waals surface area (Å²) in [4.78, 5) is 7.76. The SMILES string of the molecule is Brc1ccc(-c2cnc(SCc3nnnn3-c3ccccc3)[nH]2)cc1. The molecule has 0 amide bonds. The average molecular weight is 413 g/mol. The monoisotopic (exact) mass is 412 g/mol. The molecule has 0 aliphatic carbocycles. The van der Waals surface area contributed by atoms with Crippen LogP contribution in [0.1, 0.15) is 5.82 Å². The highest BCUT2D eigenvalue weighted by Crippen LogP contribution is 2.25. The molecule has 0 atom stereocenters. The number of benzene rings is 2. The van der Waals surface area contributed by atoms with Gasteiger partial charge in [-0.2, -0.15) is 4.68 Å². The van der Waals surface area contributed by atoms with Crippen LogP contribution in [-0.4, -0.2) is 30.2 Å². The van der Waals surface area contributed by atoms with Gasteiger partial charge in [0, 0.05) is 4.47 Å². The Morgan fingerprint density at radius 2 is 1.84 bits per heavy atom. The van der Waals surface area contributed by atoms with E-state index in [1.54, 1.807) is 16.4 Å². The Morgan fingerprint density at radius 3 is 2.64 bits per heavy atom. The minimum absolute atomic E-state index is 0.620. The third-order valence-corrected chi connectivity index (χ3v) is 4.99. The van der Waals surface area contributed by atoms with Gasteiger partial charge in [0.05, 0.1) is 23.3 Å². The first-order valence-corrected chi connectivity index (χ1v) is 9.34. The molecular formula is C17H13BrN6S. The number of rotatable bonds is 5. The number of H-pyrrole nitrogens is 1. The molecule has 2 heterocycles. The van der Waals surface area contributed by atoms with E-state index in [1.165, 1.54) is 0 Å². The number of imidazole rings is 1. The standard InChI is InChI=1S/C17H13BrN6S/c18-13-8-6-12(7-9-13)15-10-19-17(20-15)25-11-16-21-22-23-24(16)14-4-2-1-3-5-14/h1-10H,11H2,(H,19,20). The maximum absolute atomic E-state index is 4.43. The van der Waals surface area contributed by atoms with Crippen LogP contribution in [0.25, 0.3) is 16.9 Å². The molecule has 0 saturated heterocycles. The van der Waals surface area contributed by atoms with Crippen LogP contribution in [-0.2, 0) is 5.75 Å². The van der Waals surface area contributed by atoms with E-state index in [0.717, 1.165) is 32.4 Å². The van der Waals surface area contributed by atoms with Crippen molar-refractivity contribution in [3.05, 3.63) is 71.1 Å². The highest BCUT2D eigenvalue weighted by atomic mass is 79.9. The number of nitrogens with one attached hydrogen (secondary N) is 1. The fourth-order valence-electron chi connectivity index (χ4n) is 2.35. The van der Waals surface area contributed by atoms with Gasteiger partial charge in [-0.05, 0) is 40.3 Å². The van der Waals surface area contributed by atoms with Crippen LogP contribution in [0.4, 0.5) is 0 Å². The Morgan fingerprint density at radius 1 is 1.04 bits per heavy atom. The van der Waals surface area contributed by atoms with Crippen LogP contribution in [0, 0.1) is 0 Å². The number of thioether (sulfide) groups is 1. The van der Waals surface area contributed by atoms with Crippen molar-refractivity contribution in [3.63, 3.8) is 0 Å². The Bertz CT molecular complexity index is 964. The Hall–Kier alpha value is -2.45. The number of hydrogen-bond donors (Lipinski definition) is 1. The summed E-state index contributed by atoms with van der Waals surface area (Å²) in [6.45, 7) is 0. The predicted octanol–water partition coefficient (Wildman–Crippen LogP) is 4.11. The Kier molecular flexibility index (Phi) is 4.62. The van der Waals surface area contributed by atoms with Crippen molar-refractivity contribution in [2.75, 3.05) is 0 Å². The molecule has 0 bridgehead atoms. The maximum atomic E-state index is 4.43.